The minimum Gasteiger partial charge on any atom is -0.497 e. The van der Waals surface area contributed by atoms with Gasteiger partial charge in [0.25, 0.3) is 11.6 Å². The Labute approximate surface area is 189 Å². The Hall–Kier alpha value is -3.71. The van der Waals surface area contributed by atoms with Gasteiger partial charge in [-0.2, -0.15) is 0 Å². The number of ether oxygens (including phenoxy) is 1. The van der Waals surface area contributed by atoms with E-state index in [-0.39, 0.29) is 32.0 Å². The molecule has 0 aliphatic carbocycles. The van der Waals surface area contributed by atoms with Crippen LogP contribution in [0.15, 0.2) is 39.7 Å². The van der Waals surface area contributed by atoms with Crippen LogP contribution in [0.4, 0.5) is 5.69 Å². The number of hydrogen-bond donors (Lipinski definition) is 2. The normalized spacial score (nSPS) is 15.8. The van der Waals surface area contributed by atoms with Gasteiger partial charge >= 0.3 is 11.9 Å². The molecule has 1 unspecified atom stereocenters. The molecule has 1 aliphatic rings. The molecule has 3 rings (SSSR count). The number of rotatable bonds is 8. The quantitative estimate of drug-likeness (QED) is 0.248. The van der Waals surface area contributed by atoms with Crippen molar-refractivity contribution in [2.45, 2.75) is 12.5 Å². The predicted molar refractivity (Wildman–Crippen MR) is 116 cm³/mol. The molecule has 32 heavy (non-hydrogen) atoms. The van der Waals surface area contributed by atoms with E-state index in [1.54, 1.807) is 0 Å². The fraction of sp³-hybridized carbons (Fsp3) is 0.158. The molecule has 1 saturated heterocycles. The molecule has 2 aromatic rings. The average molecular weight is 478 g/mol. The summed E-state index contributed by atoms with van der Waals surface area (Å²) in [5.74, 6) is -3.05. The van der Waals surface area contributed by atoms with Crippen LogP contribution in [0.1, 0.15) is 12.2 Å². The molecule has 0 saturated carbocycles. The monoisotopic (exact) mass is 478 g/mol. The Balaban J connectivity index is 1.91. The Morgan fingerprint density at radius 3 is 2.66 bits per heavy atom. The number of nitro groups is 1. The number of carboxylic acids is 2. The number of benzene rings is 1. The van der Waals surface area contributed by atoms with E-state index in [2.05, 4.69) is 0 Å². The Morgan fingerprint density at radius 1 is 1.34 bits per heavy atom. The highest BCUT2D eigenvalue weighted by Gasteiger charge is 2.41. The lowest BCUT2D eigenvalue weighted by atomic mass is 10.1. The van der Waals surface area contributed by atoms with Crippen molar-refractivity contribution >= 4 is 57.9 Å². The highest BCUT2D eigenvalue weighted by molar-refractivity contribution is 8.26. The summed E-state index contributed by atoms with van der Waals surface area (Å²) in [6, 6.07) is 5.54. The molecular weight excluding hydrogens is 464 g/mol. The van der Waals surface area contributed by atoms with E-state index in [9.17, 15) is 29.6 Å². The number of aliphatic carboxylic acids is 2. The molecule has 0 radical (unpaired) electrons. The third-order valence-electron chi connectivity index (χ3n) is 4.36. The fourth-order valence-electron chi connectivity index (χ4n) is 2.91. The van der Waals surface area contributed by atoms with Gasteiger partial charge in [0.15, 0.2) is 0 Å². The lowest BCUT2D eigenvalue weighted by Crippen LogP contribution is -2.45. The van der Waals surface area contributed by atoms with Gasteiger partial charge in [0, 0.05) is 6.08 Å². The zero-order valence-corrected chi connectivity index (χ0v) is 17.8. The zero-order chi connectivity index (χ0) is 23.6. The van der Waals surface area contributed by atoms with Crippen LogP contribution in [-0.2, 0) is 14.4 Å². The molecule has 2 N–H and O–H groups in total. The van der Waals surface area contributed by atoms with Gasteiger partial charge in [-0.25, -0.2) is 4.79 Å². The molecule has 13 heteroatoms. The minimum atomic E-state index is -1.65. The summed E-state index contributed by atoms with van der Waals surface area (Å²) in [7, 11) is 1.38. The smallest absolute Gasteiger partial charge is 0.327 e. The lowest BCUT2D eigenvalue weighted by Gasteiger charge is -2.21. The van der Waals surface area contributed by atoms with Gasteiger partial charge in [0.2, 0.25) is 0 Å². The first-order valence-electron chi connectivity index (χ1n) is 8.76. The molecule has 1 atom stereocenters. The molecule has 1 aliphatic heterocycles. The van der Waals surface area contributed by atoms with E-state index >= 15 is 0 Å². The number of furan rings is 1. The van der Waals surface area contributed by atoms with Gasteiger partial charge in [0.1, 0.15) is 27.6 Å². The van der Waals surface area contributed by atoms with Crippen molar-refractivity contribution in [1.29, 1.82) is 0 Å². The Bertz CT molecular complexity index is 1170. The van der Waals surface area contributed by atoms with Gasteiger partial charge in [-0.05, 0) is 24.3 Å². The van der Waals surface area contributed by atoms with Crippen molar-refractivity contribution in [2.24, 2.45) is 0 Å². The van der Waals surface area contributed by atoms with E-state index in [1.807, 2.05) is 0 Å². The number of carboxylic acid groups (broad SMARTS) is 2. The van der Waals surface area contributed by atoms with Crippen LogP contribution in [0.5, 0.6) is 5.75 Å². The summed E-state index contributed by atoms with van der Waals surface area (Å²) in [5.41, 5.74) is -0.0510. The second-order valence-corrected chi connectivity index (χ2v) is 8.02. The number of methoxy groups -OCH3 is 1. The average Bonchev–Trinajstić information content (AvgIpc) is 3.30. The largest absolute Gasteiger partial charge is 0.497 e. The van der Waals surface area contributed by atoms with Crippen LogP contribution in [0.2, 0.25) is 0 Å². The summed E-state index contributed by atoms with van der Waals surface area (Å²) in [5, 5.41) is 29.6. The molecule has 0 spiro atoms. The molecule has 1 aromatic carbocycles. The lowest BCUT2D eigenvalue weighted by molar-refractivity contribution is -0.384. The maximum absolute atomic E-state index is 12.7. The summed E-state index contributed by atoms with van der Waals surface area (Å²) in [6.07, 6.45) is 0.485. The number of carbonyl (C=O) groups excluding carboxylic acids is 1. The summed E-state index contributed by atoms with van der Waals surface area (Å²) in [6.45, 7) is 0. The van der Waals surface area contributed by atoms with Crippen LogP contribution < -0.4 is 4.74 Å². The van der Waals surface area contributed by atoms with E-state index < -0.39 is 35.2 Å². The summed E-state index contributed by atoms with van der Waals surface area (Å²) in [4.78, 5) is 46.7. The van der Waals surface area contributed by atoms with E-state index in [0.717, 1.165) is 16.7 Å². The molecule has 2 heterocycles. The van der Waals surface area contributed by atoms with Crippen LogP contribution in [0, 0.1) is 10.1 Å². The maximum atomic E-state index is 12.7. The minimum absolute atomic E-state index is 0.0248. The molecule has 0 bridgehead atoms. The third kappa shape index (κ3) is 4.63. The van der Waals surface area contributed by atoms with Crippen LogP contribution in [-0.4, -0.2) is 55.4 Å². The second-order valence-electron chi connectivity index (χ2n) is 6.35. The predicted octanol–water partition coefficient (Wildman–Crippen LogP) is 2.99. The van der Waals surface area contributed by atoms with Gasteiger partial charge < -0.3 is 19.4 Å². The zero-order valence-electron chi connectivity index (χ0n) is 16.2. The standard InChI is InChI=1S/C19H14N2O9S2/c1-29-9-2-4-11(12(6-9)21(27)28)14-5-3-10(30-14)7-15-17(24)20(19(31)32-15)13(18(25)26)8-16(22)23/h2-7,13H,8H2,1H3,(H,22,23)(H,25,26). The summed E-state index contributed by atoms with van der Waals surface area (Å²) >= 11 is 5.86. The second kappa shape index (κ2) is 9.20. The first-order chi connectivity index (χ1) is 15.1. The van der Waals surface area contributed by atoms with Gasteiger partial charge in [-0.3, -0.25) is 24.6 Å². The van der Waals surface area contributed by atoms with Crippen molar-refractivity contribution in [3.8, 4) is 17.1 Å². The van der Waals surface area contributed by atoms with Crippen molar-refractivity contribution in [2.75, 3.05) is 7.11 Å². The van der Waals surface area contributed by atoms with E-state index in [0.29, 0.717) is 5.75 Å². The fourth-order valence-corrected chi connectivity index (χ4v) is 4.24. The number of hydrogen-bond acceptors (Lipinski definition) is 9. The van der Waals surface area contributed by atoms with Crippen LogP contribution in [0.25, 0.3) is 17.4 Å². The van der Waals surface area contributed by atoms with Gasteiger partial charge in [-0.1, -0.05) is 24.0 Å². The van der Waals surface area contributed by atoms with Crippen molar-refractivity contribution in [1.82, 2.24) is 4.90 Å². The Morgan fingerprint density at radius 2 is 2.06 bits per heavy atom. The number of thiocarbonyl (C=S) groups is 1. The van der Waals surface area contributed by atoms with Crippen molar-refractivity contribution in [3.05, 3.63) is 51.1 Å². The number of thioether (sulfide) groups is 1. The number of carbonyl (C=O) groups is 3. The summed E-state index contributed by atoms with van der Waals surface area (Å²) < 4.78 is 10.5. The molecule has 11 nitrogen and oxygen atoms in total. The topological polar surface area (TPSA) is 160 Å². The van der Waals surface area contributed by atoms with Crippen LogP contribution >= 0.6 is 24.0 Å². The number of nitrogens with zero attached hydrogens (tertiary/aromatic N) is 2. The van der Waals surface area contributed by atoms with Crippen LogP contribution in [0.3, 0.4) is 0 Å². The van der Waals surface area contributed by atoms with Crippen molar-refractivity contribution in [3.63, 3.8) is 0 Å². The number of nitro benzene ring substituents is 1. The highest BCUT2D eigenvalue weighted by Crippen LogP contribution is 2.37. The molecule has 166 valence electrons. The highest BCUT2D eigenvalue weighted by atomic mass is 32.2. The van der Waals surface area contributed by atoms with E-state index in [4.69, 9.17) is 26.5 Å². The first kappa shape index (κ1) is 23.0. The van der Waals surface area contributed by atoms with Gasteiger partial charge in [-0.15, -0.1) is 0 Å². The van der Waals surface area contributed by atoms with Crippen molar-refractivity contribution < 1.29 is 38.7 Å². The molecular formula is C19H14N2O9S2. The SMILES string of the molecule is COc1ccc(-c2ccc(C=C3SC(=S)N(C(CC(=O)O)C(=O)O)C3=O)o2)c([N+](=O)[O-])c1. The number of amides is 1. The Kier molecular flexibility index (Phi) is 6.60. The molecule has 1 fully saturated rings. The van der Waals surface area contributed by atoms with Gasteiger partial charge in [0.05, 0.1) is 35.0 Å². The molecule has 1 amide bonds. The third-order valence-corrected chi connectivity index (χ3v) is 5.69. The van der Waals surface area contributed by atoms with E-state index in [1.165, 1.54) is 43.5 Å². The molecule has 1 aromatic heterocycles. The maximum Gasteiger partial charge on any atom is 0.327 e. The first-order valence-corrected chi connectivity index (χ1v) is 9.99.